The van der Waals surface area contributed by atoms with Gasteiger partial charge in [0, 0.05) is 23.0 Å². The molecular weight excluding hydrogens is 436 g/mol. The number of ether oxygens (including phenoxy) is 1. The molecule has 2 N–H and O–H groups in total. The number of amides is 2. The fraction of sp³-hybridized carbons (Fsp3) is 0.211. The van der Waals surface area contributed by atoms with Crippen LogP contribution >= 0.6 is 27.5 Å². The van der Waals surface area contributed by atoms with Crippen LogP contribution in [0.5, 0.6) is 0 Å². The van der Waals surface area contributed by atoms with Crippen molar-refractivity contribution in [2.45, 2.75) is 19.3 Å². The number of nitrogens with one attached hydrogen (secondary N) is 2. The van der Waals surface area contributed by atoms with Gasteiger partial charge in [-0.2, -0.15) is 0 Å². The number of hydrogen-bond acceptors (Lipinski definition) is 4. The van der Waals surface area contributed by atoms with Gasteiger partial charge in [0.1, 0.15) is 0 Å². The zero-order valence-electron chi connectivity index (χ0n) is 14.3. The van der Waals surface area contributed by atoms with E-state index in [1.807, 2.05) is 12.1 Å². The van der Waals surface area contributed by atoms with E-state index in [1.54, 1.807) is 36.4 Å². The van der Waals surface area contributed by atoms with Gasteiger partial charge < -0.3 is 15.4 Å². The van der Waals surface area contributed by atoms with Crippen LogP contribution in [0, 0.1) is 0 Å². The van der Waals surface area contributed by atoms with E-state index in [0.29, 0.717) is 22.8 Å². The van der Waals surface area contributed by atoms with Crippen molar-refractivity contribution in [1.29, 1.82) is 0 Å². The molecule has 0 radical (unpaired) electrons. The van der Waals surface area contributed by atoms with Gasteiger partial charge >= 0.3 is 5.97 Å². The van der Waals surface area contributed by atoms with Crippen LogP contribution in [0.3, 0.4) is 0 Å². The monoisotopic (exact) mass is 452 g/mol. The van der Waals surface area contributed by atoms with Crippen molar-refractivity contribution in [3.8, 4) is 0 Å². The molecule has 142 valence electrons. The molecule has 27 heavy (non-hydrogen) atoms. The number of anilines is 2. The van der Waals surface area contributed by atoms with E-state index >= 15 is 0 Å². The zero-order chi connectivity index (χ0) is 19.6. The standard InChI is InChI=1S/C19H18BrClN2O4/c20-13-8-10-14(11-9-13)22-17(24)6-3-7-19(26)27-12-18(25)23-16-5-2-1-4-15(16)21/h1-2,4-5,8-11H,3,6-7,12H2,(H,22,24)(H,23,25). The molecule has 0 atom stereocenters. The molecule has 0 aromatic heterocycles. The highest BCUT2D eigenvalue weighted by Gasteiger charge is 2.10. The molecule has 0 fully saturated rings. The Kier molecular flexibility index (Phi) is 8.29. The molecule has 0 aliphatic carbocycles. The SMILES string of the molecule is O=C(CCCC(=O)OCC(=O)Nc1ccccc1Cl)Nc1ccc(Br)cc1. The average molecular weight is 454 g/mol. The quantitative estimate of drug-likeness (QED) is 0.581. The average Bonchev–Trinajstić information content (AvgIpc) is 2.64. The summed E-state index contributed by atoms with van der Waals surface area (Å²) in [5.41, 5.74) is 1.13. The molecule has 0 aliphatic rings. The van der Waals surface area contributed by atoms with Crippen molar-refractivity contribution in [1.82, 2.24) is 0 Å². The number of esters is 1. The van der Waals surface area contributed by atoms with Crippen LogP contribution in [0.2, 0.25) is 5.02 Å². The maximum absolute atomic E-state index is 11.8. The van der Waals surface area contributed by atoms with Crippen LogP contribution in [-0.2, 0) is 19.1 Å². The molecule has 2 aromatic rings. The summed E-state index contributed by atoms with van der Waals surface area (Å²) in [7, 11) is 0. The lowest BCUT2D eigenvalue weighted by atomic mass is 10.2. The Labute approximate surface area is 170 Å². The molecule has 0 aliphatic heterocycles. The highest BCUT2D eigenvalue weighted by atomic mass is 79.9. The van der Waals surface area contributed by atoms with E-state index in [-0.39, 0.29) is 18.7 Å². The first kappa shape index (κ1) is 20.9. The molecule has 0 spiro atoms. The molecular formula is C19H18BrClN2O4. The number of para-hydroxylation sites is 1. The van der Waals surface area contributed by atoms with E-state index in [9.17, 15) is 14.4 Å². The summed E-state index contributed by atoms with van der Waals surface area (Å²) >= 11 is 9.25. The summed E-state index contributed by atoms with van der Waals surface area (Å²) in [6, 6.07) is 13.9. The van der Waals surface area contributed by atoms with Crippen molar-refractivity contribution in [3.63, 3.8) is 0 Å². The second-order valence-electron chi connectivity index (χ2n) is 5.60. The smallest absolute Gasteiger partial charge is 0.306 e. The molecule has 8 heteroatoms. The molecule has 2 rings (SSSR count). The summed E-state index contributed by atoms with van der Waals surface area (Å²) in [5.74, 6) is -1.22. The fourth-order valence-corrected chi connectivity index (χ4v) is 2.56. The molecule has 0 heterocycles. The Hall–Kier alpha value is -2.38. The van der Waals surface area contributed by atoms with Crippen LogP contribution < -0.4 is 10.6 Å². The Morgan fingerprint density at radius 1 is 0.926 bits per heavy atom. The Morgan fingerprint density at radius 2 is 1.63 bits per heavy atom. The van der Waals surface area contributed by atoms with Crippen molar-refractivity contribution in [2.24, 2.45) is 0 Å². The molecule has 0 bridgehead atoms. The van der Waals surface area contributed by atoms with Gasteiger partial charge in [-0.05, 0) is 42.8 Å². The number of carbonyl (C=O) groups is 3. The minimum atomic E-state index is -0.541. The third-order valence-corrected chi connectivity index (χ3v) is 4.28. The van der Waals surface area contributed by atoms with E-state index in [1.165, 1.54) is 0 Å². The summed E-state index contributed by atoms with van der Waals surface area (Å²) in [6.07, 6.45) is 0.553. The van der Waals surface area contributed by atoms with Crippen LogP contribution in [0.1, 0.15) is 19.3 Å². The normalized spacial score (nSPS) is 10.1. The van der Waals surface area contributed by atoms with Crippen molar-refractivity contribution in [3.05, 3.63) is 58.0 Å². The van der Waals surface area contributed by atoms with Gasteiger partial charge in [-0.15, -0.1) is 0 Å². The maximum atomic E-state index is 11.8. The summed E-state index contributed by atoms with van der Waals surface area (Å²) < 4.78 is 5.82. The van der Waals surface area contributed by atoms with Gasteiger partial charge in [-0.25, -0.2) is 0 Å². The van der Waals surface area contributed by atoms with Gasteiger partial charge in [-0.3, -0.25) is 14.4 Å². The third kappa shape index (κ3) is 7.80. The van der Waals surface area contributed by atoms with E-state index in [2.05, 4.69) is 26.6 Å². The Morgan fingerprint density at radius 3 is 2.33 bits per heavy atom. The lowest BCUT2D eigenvalue weighted by Gasteiger charge is -2.08. The molecule has 0 saturated heterocycles. The maximum Gasteiger partial charge on any atom is 0.306 e. The summed E-state index contributed by atoms with van der Waals surface area (Å²) in [5, 5.41) is 5.69. The van der Waals surface area contributed by atoms with Crippen molar-refractivity contribution >= 4 is 56.7 Å². The number of rotatable bonds is 8. The van der Waals surface area contributed by atoms with Crippen LogP contribution in [0.4, 0.5) is 11.4 Å². The Bertz CT molecular complexity index is 812. The molecule has 6 nitrogen and oxygen atoms in total. The van der Waals surface area contributed by atoms with Gasteiger partial charge in [0.2, 0.25) is 5.91 Å². The Balaban J connectivity index is 1.63. The largest absolute Gasteiger partial charge is 0.456 e. The second-order valence-corrected chi connectivity index (χ2v) is 6.92. The molecule has 0 saturated carbocycles. The molecule has 2 aromatic carbocycles. The zero-order valence-corrected chi connectivity index (χ0v) is 16.7. The minimum absolute atomic E-state index is 0.0487. The number of halogens is 2. The van der Waals surface area contributed by atoms with E-state index in [4.69, 9.17) is 16.3 Å². The topological polar surface area (TPSA) is 84.5 Å². The number of carbonyl (C=O) groups excluding carboxylic acids is 3. The minimum Gasteiger partial charge on any atom is -0.456 e. The first-order chi connectivity index (χ1) is 12.9. The van der Waals surface area contributed by atoms with Gasteiger partial charge in [0.15, 0.2) is 6.61 Å². The number of hydrogen-bond donors (Lipinski definition) is 2. The van der Waals surface area contributed by atoms with Crippen LogP contribution in [-0.4, -0.2) is 24.4 Å². The third-order valence-electron chi connectivity index (χ3n) is 3.42. The first-order valence-corrected chi connectivity index (χ1v) is 9.36. The van der Waals surface area contributed by atoms with E-state index in [0.717, 1.165) is 4.47 Å². The van der Waals surface area contributed by atoms with Gasteiger partial charge in [0.05, 0.1) is 10.7 Å². The van der Waals surface area contributed by atoms with Gasteiger partial charge in [0.25, 0.3) is 5.91 Å². The summed E-state index contributed by atoms with van der Waals surface area (Å²) in [6.45, 7) is -0.408. The fourth-order valence-electron chi connectivity index (χ4n) is 2.12. The highest BCUT2D eigenvalue weighted by molar-refractivity contribution is 9.10. The van der Waals surface area contributed by atoms with Gasteiger partial charge in [-0.1, -0.05) is 39.7 Å². The van der Waals surface area contributed by atoms with E-state index < -0.39 is 18.5 Å². The number of benzene rings is 2. The lowest BCUT2D eigenvalue weighted by molar-refractivity contribution is -0.147. The highest BCUT2D eigenvalue weighted by Crippen LogP contribution is 2.20. The van der Waals surface area contributed by atoms with Crippen molar-refractivity contribution < 1.29 is 19.1 Å². The predicted molar refractivity (Wildman–Crippen MR) is 108 cm³/mol. The first-order valence-electron chi connectivity index (χ1n) is 8.19. The molecule has 2 amide bonds. The van der Waals surface area contributed by atoms with Crippen LogP contribution in [0.15, 0.2) is 53.0 Å². The van der Waals surface area contributed by atoms with Crippen molar-refractivity contribution in [2.75, 3.05) is 17.2 Å². The second kappa shape index (κ2) is 10.7. The lowest BCUT2D eigenvalue weighted by Crippen LogP contribution is -2.21. The van der Waals surface area contributed by atoms with Crippen LogP contribution in [0.25, 0.3) is 0 Å². The molecule has 0 unspecified atom stereocenters. The summed E-state index contributed by atoms with van der Waals surface area (Å²) in [4.78, 5) is 35.3. The predicted octanol–water partition coefficient (Wildman–Crippen LogP) is 4.39.